The molecule has 106 valence electrons. The highest BCUT2D eigenvalue weighted by atomic mass is 16.5. The molecule has 1 heterocycles. The van der Waals surface area contributed by atoms with Crippen LogP contribution in [0.5, 0.6) is 5.75 Å². The molecule has 0 atom stereocenters. The summed E-state index contributed by atoms with van der Waals surface area (Å²) in [5.74, 6) is 3.50. The molecular formula is C20H15NO. The monoisotopic (exact) mass is 285 g/mol. The van der Waals surface area contributed by atoms with Crippen LogP contribution in [-0.4, -0.2) is 4.98 Å². The Labute approximate surface area is 130 Å². The van der Waals surface area contributed by atoms with E-state index in [9.17, 15) is 0 Å². The summed E-state index contributed by atoms with van der Waals surface area (Å²) in [6.45, 7) is 0.561. The molecule has 0 unspecified atom stereocenters. The molecule has 2 nitrogen and oxygen atoms in total. The number of rotatable bonds is 4. The van der Waals surface area contributed by atoms with Crippen LogP contribution < -0.4 is 4.74 Å². The lowest BCUT2D eigenvalue weighted by molar-refractivity contribution is 0.306. The van der Waals surface area contributed by atoms with Crippen molar-refractivity contribution in [3.8, 4) is 29.2 Å². The molecule has 0 amide bonds. The Kier molecular flexibility index (Phi) is 4.17. The van der Waals surface area contributed by atoms with Gasteiger partial charge in [0.2, 0.25) is 0 Å². The number of terminal acetylenes is 1. The zero-order valence-electron chi connectivity index (χ0n) is 12.1. The van der Waals surface area contributed by atoms with Gasteiger partial charge in [-0.15, -0.1) is 6.42 Å². The van der Waals surface area contributed by atoms with Crippen molar-refractivity contribution in [3.63, 3.8) is 0 Å². The topological polar surface area (TPSA) is 22.1 Å². The molecule has 2 heteroatoms. The third-order valence-corrected chi connectivity index (χ3v) is 3.39. The van der Waals surface area contributed by atoms with Crippen LogP contribution >= 0.6 is 0 Å². The van der Waals surface area contributed by atoms with Gasteiger partial charge in [0, 0.05) is 18.0 Å². The number of ether oxygens (including phenoxy) is 1. The predicted molar refractivity (Wildman–Crippen MR) is 88.4 cm³/mol. The zero-order chi connectivity index (χ0) is 15.2. The quantitative estimate of drug-likeness (QED) is 0.666. The van der Waals surface area contributed by atoms with Gasteiger partial charge < -0.3 is 4.74 Å². The van der Waals surface area contributed by atoms with Gasteiger partial charge in [-0.05, 0) is 29.3 Å². The number of hydrogen-bond donors (Lipinski definition) is 0. The predicted octanol–water partition coefficient (Wildman–Crippen LogP) is 4.31. The molecule has 22 heavy (non-hydrogen) atoms. The molecule has 0 fully saturated rings. The molecule has 0 saturated carbocycles. The lowest BCUT2D eigenvalue weighted by Crippen LogP contribution is -1.94. The smallest absolute Gasteiger partial charge is 0.119 e. The molecule has 0 aliphatic rings. The van der Waals surface area contributed by atoms with Crippen LogP contribution in [0.25, 0.3) is 11.1 Å². The maximum absolute atomic E-state index is 5.79. The SMILES string of the molecule is C#Cc1cnccc1-c1ccc(OCc2ccccc2)cc1. The fourth-order valence-corrected chi connectivity index (χ4v) is 2.23. The summed E-state index contributed by atoms with van der Waals surface area (Å²) in [6, 6.07) is 20.0. The first-order valence-corrected chi connectivity index (χ1v) is 7.04. The average Bonchev–Trinajstić information content (AvgIpc) is 2.61. The van der Waals surface area contributed by atoms with Gasteiger partial charge >= 0.3 is 0 Å². The third-order valence-electron chi connectivity index (χ3n) is 3.39. The molecule has 0 radical (unpaired) electrons. The molecule has 0 aliphatic heterocycles. The maximum atomic E-state index is 5.79. The van der Waals surface area contributed by atoms with E-state index in [1.54, 1.807) is 12.4 Å². The minimum atomic E-state index is 0.561. The summed E-state index contributed by atoms with van der Waals surface area (Å²) in [7, 11) is 0. The van der Waals surface area contributed by atoms with E-state index >= 15 is 0 Å². The molecule has 3 aromatic rings. The van der Waals surface area contributed by atoms with Crippen molar-refractivity contribution in [2.24, 2.45) is 0 Å². The van der Waals surface area contributed by atoms with Crippen LogP contribution in [0.3, 0.4) is 0 Å². The van der Waals surface area contributed by atoms with Gasteiger partial charge in [-0.1, -0.05) is 48.4 Å². The molecule has 0 bridgehead atoms. The Morgan fingerprint density at radius 2 is 1.73 bits per heavy atom. The Morgan fingerprint density at radius 3 is 2.45 bits per heavy atom. The molecule has 0 saturated heterocycles. The van der Waals surface area contributed by atoms with Crippen LogP contribution in [0.15, 0.2) is 73.1 Å². The van der Waals surface area contributed by atoms with E-state index in [0.29, 0.717) is 6.61 Å². The highest BCUT2D eigenvalue weighted by Gasteiger charge is 2.03. The second kappa shape index (κ2) is 6.60. The van der Waals surface area contributed by atoms with E-state index < -0.39 is 0 Å². The minimum Gasteiger partial charge on any atom is -0.489 e. The fourth-order valence-electron chi connectivity index (χ4n) is 2.23. The molecular weight excluding hydrogens is 270 g/mol. The van der Waals surface area contributed by atoms with Gasteiger partial charge in [0.25, 0.3) is 0 Å². The van der Waals surface area contributed by atoms with Crippen LogP contribution in [0, 0.1) is 12.3 Å². The van der Waals surface area contributed by atoms with Crippen molar-refractivity contribution in [3.05, 3.63) is 84.2 Å². The summed E-state index contributed by atoms with van der Waals surface area (Å²) >= 11 is 0. The standard InChI is InChI=1S/C20H15NO/c1-2-17-14-21-13-12-20(17)18-8-10-19(11-9-18)22-15-16-6-4-3-5-7-16/h1,3-14H,15H2. The van der Waals surface area contributed by atoms with Crippen LogP contribution in [0.4, 0.5) is 0 Å². The lowest BCUT2D eigenvalue weighted by atomic mass is 10.0. The summed E-state index contributed by atoms with van der Waals surface area (Å²) in [6.07, 6.45) is 8.96. The van der Waals surface area contributed by atoms with E-state index in [1.165, 1.54) is 0 Å². The van der Waals surface area contributed by atoms with Gasteiger partial charge in [-0.2, -0.15) is 0 Å². The maximum Gasteiger partial charge on any atom is 0.119 e. The van der Waals surface area contributed by atoms with E-state index in [2.05, 4.69) is 10.9 Å². The minimum absolute atomic E-state index is 0.561. The Hall–Kier alpha value is -3.05. The molecule has 0 aliphatic carbocycles. The molecule has 3 rings (SSSR count). The summed E-state index contributed by atoms with van der Waals surface area (Å²) in [5, 5.41) is 0. The number of hydrogen-bond acceptors (Lipinski definition) is 2. The van der Waals surface area contributed by atoms with Crippen molar-refractivity contribution in [2.75, 3.05) is 0 Å². The van der Waals surface area contributed by atoms with E-state index in [0.717, 1.165) is 28.0 Å². The molecule has 0 spiro atoms. The normalized spacial score (nSPS) is 9.95. The van der Waals surface area contributed by atoms with Crippen LogP contribution in [0.1, 0.15) is 11.1 Å². The Morgan fingerprint density at radius 1 is 0.955 bits per heavy atom. The van der Waals surface area contributed by atoms with Crippen molar-refractivity contribution in [2.45, 2.75) is 6.61 Å². The number of aromatic nitrogens is 1. The van der Waals surface area contributed by atoms with E-state index in [4.69, 9.17) is 11.2 Å². The number of benzene rings is 2. The third kappa shape index (κ3) is 3.16. The van der Waals surface area contributed by atoms with Gasteiger partial charge in [0.1, 0.15) is 12.4 Å². The number of nitrogens with zero attached hydrogens (tertiary/aromatic N) is 1. The van der Waals surface area contributed by atoms with E-state index in [1.807, 2.05) is 60.7 Å². The lowest BCUT2D eigenvalue weighted by Gasteiger charge is -2.08. The van der Waals surface area contributed by atoms with Gasteiger partial charge in [-0.25, -0.2) is 0 Å². The largest absolute Gasteiger partial charge is 0.489 e. The van der Waals surface area contributed by atoms with Crippen molar-refractivity contribution in [1.29, 1.82) is 0 Å². The molecule has 2 aromatic carbocycles. The van der Waals surface area contributed by atoms with Crippen molar-refractivity contribution < 1.29 is 4.74 Å². The first kappa shape index (κ1) is 13.9. The Bertz CT molecular complexity index is 786. The summed E-state index contributed by atoms with van der Waals surface area (Å²) in [4.78, 5) is 4.06. The van der Waals surface area contributed by atoms with Crippen molar-refractivity contribution >= 4 is 0 Å². The average molecular weight is 285 g/mol. The number of pyridine rings is 1. The first-order chi connectivity index (χ1) is 10.9. The Balaban J connectivity index is 1.74. The molecule has 0 N–H and O–H groups in total. The van der Waals surface area contributed by atoms with Gasteiger partial charge in [0.05, 0.1) is 5.56 Å². The van der Waals surface area contributed by atoms with Crippen LogP contribution in [-0.2, 0) is 6.61 Å². The van der Waals surface area contributed by atoms with Gasteiger partial charge in [-0.3, -0.25) is 4.98 Å². The summed E-state index contributed by atoms with van der Waals surface area (Å²) < 4.78 is 5.79. The van der Waals surface area contributed by atoms with Crippen molar-refractivity contribution in [1.82, 2.24) is 4.98 Å². The zero-order valence-corrected chi connectivity index (χ0v) is 12.1. The highest BCUT2D eigenvalue weighted by Crippen LogP contribution is 2.25. The van der Waals surface area contributed by atoms with Crippen LogP contribution in [0.2, 0.25) is 0 Å². The second-order valence-corrected chi connectivity index (χ2v) is 4.86. The van der Waals surface area contributed by atoms with E-state index in [-0.39, 0.29) is 0 Å². The molecule has 1 aromatic heterocycles. The first-order valence-electron chi connectivity index (χ1n) is 7.04. The highest BCUT2D eigenvalue weighted by molar-refractivity contribution is 5.70. The fraction of sp³-hybridized carbons (Fsp3) is 0.0500. The van der Waals surface area contributed by atoms with Gasteiger partial charge in [0.15, 0.2) is 0 Å². The second-order valence-electron chi connectivity index (χ2n) is 4.86. The summed E-state index contributed by atoms with van der Waals surface area (Å²) in [5.41, 5.74) is 4.00.